The third-order valence-corrected chi connectivity index (χ3v) is 3.48. The Morgan fingerprint density at radius 3 is 2.47 bits per heavy atom. The summed E-state index contributed by atoms with van der Waals surface area (Å²) >= 11 is 0. The molecule has 0 aliphatic heterocycles. The van der Waals surface area contributed by atoms with E-state index in [1.165, 1.54) is 12.8 Å². The fourth-order valence-corrected chi connectivity index (χ4v) is 2.49. The highest BCUT2D eigenvalue weighted by Gasteiger charge is 2.38. The number of nitrogens with two attached hydrogens (primary N) is 1. The van der Waals surface area contributed by atoms with Crippen LogP contribution >= 0.6 is 0 Å². The number of ether oxygens (including phenoxy) is 2. The topological polar surface area (TPSA) is 56.5 Å². The molecule has 2 unspecified atom stereocenters. The van der Waals surface area contributed by atoms with E-state index in [0.717, 1.165) is 11.3 Å². The molecule has 1 aliphatic carbocycles. The summed E-state index contributed by atoms with van der Waals surface area (Å²) in [5.41, 5.74) is 3.97. The molecule has 1 fully saturated rings. The molecule has 0 saturated heterocycles. The van der Waals surface area contributed by atoms with E-state index in [1.54, 1.807) is 7.11 Å². The fourth-order valence-electron chi connectivity index (χ4n) is 2.49. The van der Waals surface area contributed by atoms with Gasteiger partial charge in [0.05, 0.1) is 18.2 Å². The molecule has 1 aromatic carbocycles. The second kappa shape index (κ2) is 6.37. The highest BCUT2D eigenvalue weighted by molar-refractivity contribution is 5.37. The minimum Gasteiger partial charge on any atom is -0.491 e. The first-order valence-electron chi connectivity index (χ1n) is 6.92. The number of para-hydroxylation sites is 1. The van der Waals surface area contributed by atoms with Crippen molar-refractivity contribution < 1.29 is 9.47 Å². The molecule has 2 rings (SSSR count). The zero-order valence-electron chi connectivity index (χ0n) is 11.9. The molecule has 0 spiro atoms. The van der Waals surface area contributed by atoms with Crippen LogP contribution in [0.4, 0.5) is 0 Å². The summed E-state index contributed by atoms with van der Waals surface area (Å²) in [7, 11) is 1.75. The van der Waals surface area contributed by atoms with Crippen molar-refractivity contribution >= 4 is 0 Å². The van der Waals surface area contributed by atoms with Crippen LogP contribution in [0.3, 0.4) is 0 Å². The van der Waals surface area contributed by atoms with Gasteiger partial charge in [-0.2, -0.15) is 0 Å². The van der Waals surface area contributed by atoms with Crippen LogP contribution < -0.4 is 16.0 Å². The number of hydrogen-bond donors (Lipinski definition) is 2. The van der Waals surface area contributed by atoms with Crippen LogP contribution in [0.25, 0.3) is 0 Å². The van der Waals surface area contributed by atoms with Gasteiger partial charge >= 0.3 is 0 Å². The Morgan fingerprint density at radius 2 is 1.95 bits per heavy atom. The van der Waals surface area contributed by atoms with E-state index in [4.69, 9.17) is 15.3 Å². The quantitative estimate of drug-likeness (QED) is 0.586. The van der Waals surface area contributed by atoms with Gasteiger partial charge < -0.3 is 9.47 Å². The van der Waals surface area contributed by atoms with Crippen LogP contribution in [0.1, 0.15) is 38.3 Å². The molecule has 4 nitrogen and oxygen atoms in total. The van der Waals surface area contributed by atoms with E-state index < -0.39 is 0 Å². The van der Waals surface area contributed by atoms with Gasteiger partial charge in [0, 0.05) is 12.7 Å². The number of hydrogen-bond acceptors (Lipinski definition) is 4. The average molecular weight is 264 g/mol. The molecule has 0 heterocycles. The molecule has 0 aromatic heterocycles. The van der Waals surface area contributed by atoms with Gasteiger partial charge in [-0.1, -0.05) is 18.2 Å². The van der Waals surface area contributed by atoms with Crippen molar-refractivity contribution in [1.29, 1.82) is 0 Å². The second-order valence-electron chi connectivity index (χ2n) is 5.39. The SMILES string of the molecule is COC(C1CC1)C(NN)c1ccccc1OC(C)C. The maximum atomic E-state index is 5.87. The maximum Gasteiger partial charge on any atom is 0.124 e. The summed E-state index contributed by atoms with van der Waals surface area (Å²) < 4.78 is 11.5. The summed E-state index contributed by atoms with van der Waals surface area (Å²) in [5.74, 6) is 7.23. The van der Waals surface area contributed by atoms with Gasteiger partial charge in [-0.15, -0.1) is 0 Å². The van der Waals surface area contributed by atoms with Crippen molar-refractivity contribution in [3.8, 4) is 5.75 Å². The van der Waals surface area contributed by atoms with E-state index in [-0.39, 0.29) is 18.2 Å². The first kappa shape index (κ1) is 14.3. The first-order valence-corrected chi connectivity index (χ1v) is 6.92. The summed E-state index contributed by atoms with van der Waals surface area (Å²) in [6.07, 6.45) is 2.66. The van der Waals surface area contributed by atoms with Crippen molar-refractivity contribution in [3.63, 3.8) is 0 Å². The Hall–Kier alpha value is -1.10. The molecule has 1 saturated carbocycles. The van der Waals surface area contributed by atoms with Crippen molar-refractivity contribution in [2.45, 2.75) is 44.9 Å². The van der Waals surface area contributed by atoms with Gasteiger partial charge in [-0.3, -0.25) is 11.3 Å². The lowest BCUT2D eigenvalue weighted by Gasteiger charge is -2.27. The molecule has 1 aliphatic rings. The standard InChI is InChI=1S/C15H24N2O2/c1-10(2)19-13-7-5-4-6-12(13)14(17-16)15(18-3)11-8-9-11/h4-7,10-11,14-15,17H,8-9,16H2,1-3H3. The van der Waals surface area contributed by atoms with Gasteiger partial charge in [-0.25, -0.2) is 0 Å². The van der Waals surface area contributed by atoms with Crippen LogP contribution in [-0.4, -0.2) is 19.3 Å². The lowest BCUT2D eigenvalue weighted by atomic mass is 9.97. The van der Waals surface area contributed by atoms with Crippen LogP contribution in [0.2, 0.25) is 0 Å². The summed E-state index contributed by atoms with van der Waals surface area (Å²) in [5, 5.41) is 0. The van der Waals surface area contributed by atoms with Crippen LogP contribution in [0.5, 0.6) is 5.75 Å². The molecule has 0 amide bonds. The van der Waals surface area contributed by atoms with Gasteiger partial charge in [0.1, 0.15) is 5.75 Å². The van der Waals surface area contributed by atoms with Gasteiger partial charge in [0.15, 0.2) is 0 Å². The minimum atomic E-state index is -0.0348. The van der Waals surface area contributed by atoms with Crippen LogP contribution in [0.15, 0.2) is 24.3 Å². The molecule has 1 aromatic rings. The number of rotatable bonds is 7. The third-order valence-electron chi connectivity index (χ3n) is 3.48. The molecule has 3 N–H and O–H groups in total. The van der Waals surface area contributed by atoms with Crippen molar-refractivity contribution in [1.82, 2.24) is 5.43 Å². The Kier molecular flexibility index (Phi) is 4.80. The fraction of sp³-hybridized carbons (Fsp3) is 0.600. The predicted molar refractivity (Wildman–Crippen MR) is 75.8 cm³/mol. The predicted octanol–water partition coefficient (Wildman–Crippen LogP) is 2.40. The normalized spacial score (nSPS) is 18.4. The summed E-state index contributed by atoms with van der Waals surface area (Å²) in [6.45, 7) is 4.05. The Labute approximate surface area is 115 Å². The first-order chi connectivity index (χ1) is 9.17. The molecular weight excluding hydrogens is 240 g/mol. The van der Waals surface area contributed by atoms with Gasteiger partial charge in [0.2, 0.25) is 0 Å². The maximum absolute atomic E-state index is 5.87. The van der Waals surface area contributed by atoms with Crippen LogP contribution in [0, 0.1) is 5.92 Å². The molecule has 2 atom stereocenters. The lowest BCUT2D eigenvalue weighted by molar-refractivity contribution is 0.0493. The van der Waals surface area contributed by atoms with Crippen molar-refractivity contribution in [3.05, 3.63) is 29.8 Å². The van der Waals surface area contributed by atoms with E-state index in [9.17, 15) is 0 Å². The monoisotopic (exact) mass is 264 g/mol. The highest BCUT2D eigenvalue weighted by Crippen LogP contribution is 2.41. The van der Waals surface area contributed by atoms with Gasteiger partial charge in [-0.05, 0) is 38.7 Å². The van der Waals surface area contributed by atoms with Crippen molar-refractivity contribution in [2.75, 3.05) is 7.11 Å². The van der Waals surface area contributed by atoms with Gasteiger partial charge in [0.25, 0.3) is 0 Å². The zero-order valence-corrected chi connectivity index (χ0v) is 11.9. The molecule has 0 radical (unpaired) electrons. The smallest absolute Gasteiger partial charge is 0.124 e. The summed E-state index contributed by atoms with van der Waals surface area (Å²) in [4.78, 5) is 0. The second-order valence-corrected chi connectivity index (χ2v) is 5.39. The summed E-state index contributed by atoms with van der Waals surface area (Å²) in [6, 6.07) is 7.99. The van der Waals surface area contributed by atoms with E-state index in [2.05, 4.69) is 11.5 Å². The van der Waals surface area contributed by atoms with E-state index >= 15 is 0 Å². The van der Waals surface area contributed by atoms with Crippen LogP contribution in [-0.2, 0) is 4.74 Å². The minimum absolute atomic E-state index is 0.0348. The number of nitrogens with one attached hydrogen (secondary N) is 1. The largest absolute Gasteiger partial charge is 0.491 e. The average Bonchev–Trinajstić information content (AvgIpc) is 3.20. The molecule has 4 heteroatoms. The molecule has 106 valence electrons. The Bertz CT molecular complexity index is 405. The van der Waals surface area contributed by atoms with E-state index in [0.29, 0.717) is 5.92 Å². The molecule has 19 heavy (non-hydrogen) atoms. The number of benzene rings is 1. The Balaban J connectivity index is 2.26. The number of methoxy groups -OCH3 is 1. The molecular formula is C15H24N2O2. The number of hydrazine groups is 1. The van der Waals surface area contributed by atoms with Crippen molar-refractivity contribution in [2.24, 2.45) is 11.8 Å². The molecule has 0 bridgehead atoms. The zero-order chi connectivity index (χ0) is 13.8. The Morgan fingerprint density at radius 1 is 1.26 bits per heavy atom. The lowest BCUT2D eigenvalue weighted by Crippen LogP contribution is -2.39. The highest BCUT2D eigenvalue weighted by atomic mass is 16.5. The van der Waals surface area contributed by atoms with E-state index in [1.807, 2.05) is 32.0 Å². The third kappa shape index (κ3) is 3.47.